The van der Waals surface area contributed by atoms with Gasteiger partial charge in [0.05, 0.1) is 17.8 Å². The molecular formula is C20H21N3O9S. The van der Waals surface area contributed by atoms with Crippen LogP contribution in [-0.2, 0) is 19.4 Å². The van der Waals surface area contributed by atoms with Gasteiger partial charge >= 0.3 is 5.97 Å². The van der Waals surface area contributed by atoms with Gasteiger partial charge in [0.25, 0.3) is 17.5 Å². The Kier molecular flexibility index (Phi) is 7.11. The Morgan fingerprint density at radius 1 is 1.09 bits per heavy atom. The van der Waals surface area contributed by atoms with E-state index in [-0.39, 0.29) is 50.0 Å². The molecule has 1 fully saturated rings. The highest BCUT2D eigenvalue weighted by Crippen LogP contribution is 2.27. The van der Waals surface area contributed by atoms with Gasteiger partial charge in [-0.15, -0.1) is 0 Å². The number of hydrogen-bond acceptors (Lipinski definition) is 9. The summed E-state index contributed by atoms with van der Waals surface area (Å²) >= 11 is 0. The molecule has 0 spiro atoms. The molecule has 0 bridgehead atoms. The number of nitro benzene ring substituents is 1. The van der Waals surface area contributed by atoms with Crippen molar-refractivity contribution in [2.24, 2.45) is 0 Å². The number of esters is 1. The molecule has 33 heavy (non-hydrogen) atoms. The highest BCUT2D eigenvalue weighted by atomic mass is 32.2. The van der Waals surface area contributed by atoms with E-state index >= 15 is 0 Å². The van der Waals surface area contributed by atoms with Crippen LogP contribution in [0.2, 0.25) is 0 Å². The topological polar surface area (TPSA) is 157 Å². The second-order valence-corrected chi connectivity index (χ2v) is 9.02. The van der Waals surface area contributed by atoms with E-state index in [2.05, 4.69) is 4.74 Å². The Labute approximate surface area is 188 Å². The average molecular weight is 479 g/mol. The summed E-state index contributed by atoms with van der Waals surface area (Å²) in [6.07, 6.45) is 1.39. The van der Waals surface area contributed by atoms with Crippen molar-refractivity contribution in [3.63, 3.8) is 0 Å². The summed E-state index contributed by atoms with van der Waals surface area (Å²) < 4.78 is 34.7. The highest BCUT2D eigenvalue weighted by molar-refractivity contribution is 7.92. The number of nitrogens with zero attached hydrogens (tertiary/aromatic N) is 3. The minimum Gasteiger partial charge on any atom is -0.465 e. The second kappa shape index (κ2) is 9.81. The fourth-order valence-electron chi connectivity index (χ4n) is 3.34. The number of ether oxygens (including phenoxy) is 1. The summed E-state index contributed by atoms with van der Waals surface area (Å²) in [5.74, 6) is -2.75. The van der Waals surface area contributed by atoms with Gasteiger partial charge < -0.3 is 19.0 Å². The van der Waals surface area contributed by atoms with E-state index in [4.69, 9.17) is 4.42 Å². The van der Waals surface area contributed by atoms with Crippen LogP contribution in [0.3, 0.4) is 0 Å². The van der Waals surface area contributed by atoms with Crippen molar-refractivity contribution in [3.05, 3.63) is 58.0 Å². The molecule has 3 rings (SSSR count). The molecule has 2 heterocycles. The standard InChI is InChI=1S/C20H21N3O9S/c1-2-31-18(24)13-33(29,30)17-6-5-14(12-15(17)23(27)28)19(25)21-7-9-22(10-8-21)20(26)16-4-3-11-32-16/h3-6,11-12H,2,7-10,13H2,1H3. The minimum absolute atomic E-state index is 0.0374. The van der Waals surface area contributed by atoms with E-state index in [1.807, 2.05) is 0 Å². The van der Waals surface area contributed by atoms with E-state index in [9.17, 15) is 32.9 Å². The molecule has 0 radical (unpaired) electrons. The van der Waals surface area contributed by atoms with Gasteiger partial charge in [0.2, 0.25) is 0 Å². The number of nitro groups is 1. The van der Waals surface area contributed by atoms with Crippen molar-refractivity contribution in [3.8, 4) is 0 Å². The first-order valence-electron chi connectivity index (χ1n) is 9.93. The summed E-state index contributed by atoms with van der Waals surface area (Å²) in [6, 6.07) is 6.11. The Morgan fingerprint density at radius 2 is 1.73 bits per heavy atom. The summed E-state index contributed by atoms with van der Waals surface area (Å²) in [5, 5.41) is 11.5. The molecule has 1 aliphatic heterocycles. The van der Waals surface area contributed by atoms with Crippen LogP contribution in [0.15, 0.2) is 45.9 Å². The minimum atomic E-state index is -4.36. The number of hydrogen-bond donors (Lipinski definition) is 0. The first kappa shape index (κ1) is 23.9. The van der Waals surface area contributed by atoms with Crippen molar-refractivity contribution in [1.82, 2.24) is 9.80 Å². The van der Waals surface area contributed by atoms with Gasteiger partial charge in [0.1, 0.15) is 4.90 Å². The molecule has 176 valence electrons. The summed E-state index contributed by atoms with van der Waals surface area (Å²) in [6.45, 7) is 2.30. The second-order valence-electron chi connectivity index (χ2n) is 7.07. The zero-order valence-electron chi connectivity index (χ0n) is 17.6. The molecule has 1 aromatic carbocycles. The SMILES string of the molecule is CCOC(=O)CS(=O)(=O)c1ccc(C(=O)N2CCN(C(=O)c3ccco3)CC2)cc1[N+](=O)[O-]. The molecule has 12 nitrogen and oxygen atoms in total. The van der Waals surface area contributed by atoms with Crippen LogP contribution < -0.4 is 0 Å². The molecule has 0 saturated carbocycles. The molecule has 1 aromatic heterocycles. The van der Waals surface area contributed by atoms with Crippen molar-refractivity contribution >= 4 is 33.3 Å². The third kappa shape index (κ3) is 5.37. The number of furan rings is 1. The van der Waals surface area contributed by atoms with Gasteiger partial charge in [-0.05, 0) is 31.2 Å². The van der Waals surface area contributed by atoms with Crippen LogP contribution in [0.4, 0.5) is 5.69 Å². The normalized spacial score (nSPS) is 14.1. The number of sulfone groups is 1. The third-order valence-electron chi connectivity index (χ3n) is 4.94. The quantitative estimate of drug-likeness (QED) is 0.322. The molecular weight excluding hydrogens is 458 g/mol. The van der Waals surface area contributed by atoms with Crippen LogP contribution in [0.25, 0.3) is 0 Å². The van der Waals surface area contributed by atoms with Crippen molar-refractivity contribution in [2.45, 2.75) is 11.8 Å². The predicted molar refractivity (Wildman–Crippen MR) is 112 cm³/mol. The molecule has 13 heteroatoms. The Hall–Kier alpha value is -3.74. The van der Waals surface area contributed by atoms with E-state index in [1.165, 1.54) is 29.1 Å². The lowest BCUT2D eigenvalue weighted by molar-refractivity contribution is -0.387. The lowest BCUT2D eigenvalue weighted by Gasteiger charge is -2.34. The van der Waals surface area contributed by atoms with Crippen LogP contribution in [-0.4, -0.2) is 79.5 Å². The first-order chi connectivity index (χ1) is 15.6. The van der Waals surface area contributed by atoms with Crippen molar-refractivity contribution < 1.29 is 36.9 Å². The lowest BCUT2D eigenvalue weighted by Crippen LogP contribution is -2.50. The number of piperazine rings is 1. The fourth-order valence-corrected chi connectivity index (χ4v) is 4.62. The van der Waals surface area contributed by atoms with E-state index in [0.29, 0.717) is 0 Å². The van der Waals surface area contributed by atoms with Gasteiger partial charge in [0.15, 0.2) is 21.4 Å². The predicted octanol–water partition coefficient (Wildman–Crippen LogP) is 1.12. The number of amides is 2. The summed E-state index contributed by atoms with van der Waals surface area (Å²) in [7, 11) is -4.36. The zero-order valence-corrected chi connectivity index (χ0v) is 18.4. The molecule has 2 amide bonds. The number of benzene rings is 1. The molecule has 0 atom stereocenters. The molecule has 2 aromatic rings. The van der Waals surface area contributed by atoms with Crippen LogP contribution in [0.5, 0.6) is 0 Å². The van der Waals surface area contributed by atoms with Crippen LogP contribution in [0, 0.1) is 10.1 Å². The van der Waals surface area contributed by atoms with Gasteiger partial charge in [-0.3, -0.25) is 24.5 Å². The van der Waals surface area contributed by atoms with Crippen molar-refractivity contribution in [2.75, 3.05) is 38.5 Å². The lowest BCUT2D eigenvalue weighted by atomic mass is 10.1. The first-order valence-corrected chi connectivity index (χ1v) is 11.6. The summed E-state index contributed by atoms with van der Waals surface area (Å²) in [5.41, 5.74) is -0.889. The van der Waals surface area contributed by atoms with E-state index < -0.39 is 43.0 Å². The maximum absolute atomic E-state index is 12.9. The number of carbonyl (C=O) groups is 3. The van der Waals surface area contributed by atoms with Gasteiger partial charge in [0, 0.05) is 37.8 Å². The van der Waals surface area contributed by atoms with Crippen LogP contribution >= 0.6 is 0 Å². The zero-order chi connectivity index (χ0) is 24.2. The maximum atomic E-state index is 12.9. The third-order valence-corrected chi connectivity index (χ3v) is 6.57. The van der Waals surface area contributed by atoms with Crippen LogP contribution in [0.1, 0.15) is 27.8 Å². The monoisotopic (exact) mass is 479 g/mol. The molecule has 0 unspecified atom stereocenters. The van der Waals surface area contributed by atoms with Gasteiger partial charge in [-0.2, -0.15) is 0 Å². The Morgan fingerprint density at radius 3 is 2.27 bits per heavy atom. The summed E-state index contributed by atoms with van der Waals surface area (Å²) in [4.78, 5) is 49.6. The highest BCUT2D eigenvalue weighted by Gasteiger charge is 2.32. The Bertz CT molecular complexity index is 1170. The Balaban J connectivity index is 1.75. The number of carbonyl (C=O) groups excluding carboxylic acids is 3. The molecule has 0 aliphatic carbocycles. The van der Waals surface area contributed by atoms with Gasteiger partial charge in [-0.1, -0.05) is 0 Å². The fraction of sp³-hybridized carbons (Fsp3) is 0.350. The number of rotatable bonds is 7. The molecule has 1 aliphatic rings. The smallest absolute Gasteiger partial charge is 0.321 e. The molecule has 1 saturated heterocycles. The average Bonchev–Trinajstić information content (AvgIpc) is 3.32. The van der Waals surface area contributed by atoms with Gasteiger partial charge in [-0.25, -0.2) is 8.42 Å². The molecule has 0 N–H and O–H groups in total. The van der Waals surface area contributed by atoms with E-state index in [1.54, 1.807) is 6.07 Å². The van der Waals surface area contributed by atoms with Crippen molar-refractivity contribution in [1.29, 1.82) is 0 Å². The largest absolute Gasteiger partial charge is 0.465 e. The maximum Gasteiger partial charge on any atom is 0.321 e. The van der Waals surface area contributed by atoms with E-state index in [0.717, 1.165) is 18.2 Å².